The lowest BCUT2D eigenvalue weighted by atomic mass is 9.83. The Kier molecular flexibility index (Phi) is 4.63. The molecule has 0 unspecified atom stereocenters. The molecule has 1 aromatic carbocycles. The number of methoxy groups -OCH3 is 3. The fourth-order valence-electron chi connectivity index (χ4n) is 3.18. The Morgan fingerprint density at radius 3 is 2.38 bits per heavy atom. The van der Waals surface area contributed by atoms with Gasteiger partial charge in [-0.2, -0.15) is 5.26 Å². The molecule has 0 saturated carbocycles. The van der Waals surface area contributed by atoms with Gasteiger partial charge in [0.25, 0.3) is 0 Å². The van der Waals surface area contributed by atoms with Crippen LogP contribution in [0.3, 0.4) is 0 Å². The number of rotatable bonds is 5. The van der Waals surface area contributed by atoms with Gasteiger partial charge in [0.2, 0.25) is 17.5 Å². The first kappa shape index (κ1) is 17.5. The topological polar surface area (TPSA) is 115 Å². The molecule has 1 atom stereocenters. The van der Waals surface area contributed by atoms with Gasteiger partial charge in [-0.1, -0.05) is 6.92 Å². The average Bonchev–Trinajstić information content (AvgIpc) is 3.07. The van der Waals surface area contributed by atoms with Crippen LogP contribution in [0, 0.1) is 11.3 Å². The number of hydrogen-bond donors (Lipinski definition) is 2. The lowest BCUT2D eigenvalue weighted by Gasteiger charge is -2.25. The van der Waals surface area contributed by atoms with E-state index in [1.807, 2.05) is 6.92 Å². The van der Waals surface area contributed by atoms with Crippen molar-refractivity contribution in [3.8, 4) is 29.2 Å². The quantitative estimate of drug-likeness (QED) is 0.844. The highest BCUT2D eigenvalue weighted by atomic mass is 16.5. The molecule has 1 aromatic heterocycles. The predicted octanol–water partition coefficient (Wildman–Crippen LogP) is 2.22. The number of aryl methyl sites for hydroxylation is 1. The van der Waals surface area contributed by atoms with Crippen LogP contribution in [0.5, 0.6) is 23.1 Å². The van der Waals surface area contributed by atoms with E-state index in [4.69, 9.17) is 24.7 Å². The standard InChI is InChI=1S/C18H20N4O4/c1-5-11-15-14(10(8-19)17(20)26-18(15)22-21-11)9-6-12(23-2)16(25-4)13(7-9)24-3/h6-7,14H,5,20H2,1-4H3,(H,21,22)/t14-/m0/s1. The Labute approximate surface area is 151 Å². The minimum atomic E-state index is -0.453. The van der Waals surface area contributed by atoms with E-state index in [1.54, 1.807) is 26.4 Å². The summed E-state index contributed by atoms with van der Waals surface area (Å²) in [5.41, 5.74) is 8.70. The molecular formula is C18H20N4O4. The van der Waals surface area contributed by atoms with Crippen LogP contribution in [0.2, 0.25) is 0 Å². The van der Waals surface area contributed by atoms with Crippen LogP contribution in [0.15, 0.2) is 23.6 Å². The van der Waals surface area contributed by atoms with Crippen molar-refractivity contribution in [3.05, 3.63) is 40.4 Å². The van der Waals surface area contributed by atoms with Crippen LogP contribution in [0.1, 0.15) is 29.7 Å². The molecule has 0 saturated heterocycles. The van der Waals surface area contributed by atoms with Gasteiger partial charge in [0.1, 0.15) is 11.6 Å². The van der Waals surface area contributed by atoms with E-state index in [1.165, 1.54) is 7.11 Å². The van der Waals surface area contributed by atoms with E-state index in [0.29, 0.717) is 35.1 Å². The Balaban J connectivity index is 2.28. The second kappa shape index (κ2) is 6.88. The van der Waals surface area contributed by atoms with Gasteiger partial charge in [-0.05, 0) is 24.1 Å². The average molecular weight is 356 g/mol. The molecular weight excluding hydrogens is 336 g/mol. The van der Waals surface area contributed by atoms with Gasteiger partial charge in [-0.25, -0.2) is 0 Å². The van der Waals surface area contributed by atoms with E-state index >= 15 is 0 Å². The smallest absolute Gasteiger partial charge is 0.244 e. The summed E-state index contributed by atoms with van der Waals surface area (Å²) in [6, 6.07) is 5.77. The first-order valence-electron chi connectivity index (χ1n) is 8.04. The number of nitriles is 1. The number of ether oxygens (including phenoxy) is 4. The number of allylic oxidation sites excluding steroid dienone is 1. The minimum absolute atomic E-state index is 0.0351. The lowest BCUT2D eigenvalue weighted by Crippen LogP contribution is -2.21. The summed E-state index contributed by atoms with van der Waals surface area (Å²) in [6.07, 6.45) is 0.700. The van der Waals surface area contributed by atoms with Crippen LogP contribution < -0.4 is 24.7 Å². The summed E-state index contributed by atoms with van der Waals surface area (Å²) in [6.45, 7) is 1.99. The molecule has 1 aliphatic heterocycles. The number of nitrogens with two attached hydrogens (primary N) is 1. The third-order valence-corrected chi connectivity index (χ3v) is 4.39. The number of aromatic nitrogens is 2. The maximum absolute atomic E-state index is 9.69. The van der Waals surface area contributed by atoms with Crippen LogP contribution in [0.4, 0.5) is 0 Å². The molecule has 8 heteroatoms. The zero-order chi connectivity index (χ0) is 18.8. The number of H-pyrrole nitrogens is 1. The van der Waals surface area contributed by atoms with E-state index in [-0.39, 0.29) is 5.88 Å². The highest BCUT2D eigenvalue weighted by molar-refractivity contribution is 5.61. The Bertz CT molecular complexity index is 885. The molecule has 26 heavy (non-hydrogen) atoms. The van der Waals surface area contributed by atoms with Crippen molar-refractivity contribution in [2.75, 3.05) is 21.3 Å². The zero-order valence-electron chi connectivity index (χ0n) is 15.0. The van der Waals surface area contributed by atoms with Gasteiger partial charge in [0.15, 0.2) is 11.5 Å². The number of hydrogen-bond acceptors (Lipinski definition) is 7. The fourth-order valence-corrected chi connectivity index (χ4v) is 3.18. The van der Waals surface area contributed by atoms with Crippen LogP contribution in [-0.4, -0.2) is 31.5 Å². The molecule has 1 aliphatic rings. The minimum Gasteiger partial charge on any atom is -0.493 e. The van der Waals surface area contributed by atoms with Gasteiger partial charge in [-0.15, -0.1) is 5.10 Å². The monoisotopic (exact) mass is 356 g/mol. The van der Waals surface area contributed by atoms with Crippen molar-refractivity contribution in [3.63, 3.8) is 0 Å². The Hall–Kier alpha value is -3.34. The molecule has 2 heterocycles. The van der Waals surface area contributed by atoms with E-state index in [9.17, 15) is 5.26 Å². The first-order valence-corrected chi connectivity index (χ1v) is 8.04. The number of benzene rings is 1. The highest BCUT2D eigenvalue weighted by Crippen LogP contribution is 2.47. The van der Waals surface area contributed by atoms with Crippen LogP contribution >= 0.6 is 0 Å². The van der Waals surface area contributed by atoms with Crippen molar-refractivity contribution in [2.24, 2.45) is 5.73 Å². The van der Waals surface area contributed by atoms with E-state index < -0.39 is 5.92 Å². The number of nitrogens with zero attached hydrogens (tertiary/aromatic N) is 2. The maximum atomic E-state index is 9.69. The molecule has 0 bridgehead atoms. The molecule has 0 amide bonds. The van der Waals surface area contributed by atoms with Crippen molar-refractivity contribution < 1.29 is 18.9 Å². The molecule has 0 radical (unpaired) electrons. The zero-order valence-corrected chi connectivity index (χ0v) is 15.0. The molecule has 3 rings (SSSR count). The van der Waals surface area contributed by atoms with Gasteiger partial charge >= 0.3 is 0 Å². The second-order valence-electron chi connectivity index (χ2n) is 5.66. The summed E-state index contributed by atoms with van der Waals surface area (Å²) >= 11 is 0. The van der Waals surface area contributed by atoms with E-state index in [0.717, 1.165) is 16.8 Å². The predicted molar refractivity (Wildman–Crippen MR) is 93.4 cm³/mol. The first-order chi connectivity index (χ1) is 12.6. The SMILES string of the molecule is CCc1[nH]nc2c1[C@@H](c1cc(OC)c(OC)c(OC)c1)C(C#N)=C(N)O2. The largest absolute Gasteiger partial charge is 0.493 e. The number of nitrogens with one attached hydrogen (secondary N) is 1. The highest BCUT2D eigenvalue weighted by Gasteiger charge is 2.35. The summed E-state index contributed by atoms with van der Waals surface area (Å²) in [4.78, 5) is 0. The molecule has 0 aliphatic carbocycles. The van der Waals surface area contributed by atoms with Crippen LogP contribution in [-0.2, 0) is 6.42 Å². The normalized spacial score (nSPS) is 15.7. The number of fused-ring (bicyclic) bond motifs is 1. The molecule has 0 spiro atoms. The summed E-state index contributed by atoms with van der Waals surface area (Å²) < 4.78 is 21.8. The van der Waals surface area contributed by atoms with Crippen molar-refractivity contribution in [1.82, 2.24) is 10.2 Å². The summed E-state index contributed by atoms with van der Waals surface area (Å²) in [7, 11) is 4.62. The molecule has 8 nitrogen and oxygen atoms in total. The summed E-state index contributed by atoms with van der Waals surface area (Å²) in [5, 5.41) is 16.8. The van der Waals surface area contributed by atoms with Gasteiger partial charge in [0, 0.05) is 11.3 Å². The van der Waals surface area contributed by atoms with Gasteiger partial charge in [-0.3, -0.25) is 5.10 Å². The van der Waals surface area contributed by atoms with Crippen molar-refractivity contribution in [2.45, 2.75) is 19.3 Å². The third kappa shape index (κ3) is 2.58. The van der Waals surface area contributed by atoms with Crippen molar-refractivity contribution >= 4 is 0 Å². The molecule has 3 N–H and O–H groups in total. The second-order valence-corrected chi connectivity index (χ2v) is 5.66. The molecule has 2 aromatic rings. The van der Waals surface area contributed by atoms with Crippen LogP contribution in [0.25, 0.3) is 0 Å². The van der Waals surface area contributed by atoms with Gasteiger partial charge < -0.3 is 24.7 Å². The third-order valence-electron chi connectivity index (χ3n) is 4.39. The fraction of sp³-hybridized carbons (Fsp3) is 0.333. The maximum Gasteiger partial charge on any atom is 0.244 e. The number of aromatic amines is 1. The molecule has 0 fully saturated rings. The van der Waals surface area contributed by atoms with Crippen molar-refractivity contribution in [1.29, 1.82) is 5.26 Å². The molecule has 136 valence electrons. The lowest BCUT2D eigenvalue weighted by molar-refractivity contribution is 0.323. The Morgan fingerprint density at radius 2 is 1.88 bits per heavy atom. The van der Waals surface area contributed by atoms with Gasteiger partial charge in [0.05, 0.1) is 27.2 Å². The van der Waals surface area contributed by atoms with E-state index in [2.05, 4.69) is 16.3 Å². The Morgan fingerprint density at radius 1 is 1.23 bits per heavy atom. The summed E-state index contributed by atoms with van der Waals surface area (Å²) in [5.74, 6) is 1.42.